The average Bonchev–Trinajstić information content (AvgIpc) is 3.00. The number of methoxy groups -OCH3 is 2. The molecule has 44 heavy (non-hydrogen) atoms. The molecule has 0 aliphatic heterocycles. The van der Waals surface area contributed by atoms with Crippen molar-refractivity contribution in [2.75, 3.05) is 30.2 Å². The van der Waals surface area contributed by atoms with Crippen molar-refractivity contribution in [3.63, 3.8) is 0 Å². The minimum absolute atomic E-state index is 0.0205. The number of rotatable bonds is 8. The summed E-state index contributed by atoms with van der Waals surface area (Å²) in [4.78, 5) is 61.1. The van der Waals surface area contributed by atoms with Crippen LogP contribution in [0.2, 0.25) is 0 Å². The molecule has 12 heteroatoms. The summed E-state index contributed by atoms with van der Waals surface area (Å²) >= 11 is 0. The smallest absolute Gasteiger partial charge is 0.338 e. The number of hydrogen-bond acceptors (Lipinski definition) is 9. The second-order valence-electron chi connectivity index (χ2n) is 9.67. The summed E-state index contributed by atoms with van der Waals surface area (Å²) in [5.41, 5.74) is 0.944. The highest BCUT2D eigenvalue weighted by molar-refractivity contribution is 6.14. The quantitative estimate of drug-likeness (QED) is 0.211. The van der Waals surface area contributed by atoms with E-state index in [1.54, 1.807) is 56.3 Å². The topological polar surface area (TPSA) is 162 Å². The van der Waals surface area contributed by atoms with Crippen LogP contribution in [-0.4, -0.2) is 41.9 Å². The summed E-state index contributed by atoms with van der Waals surface area (Å²) in [6, 6.07) is 18.4. The van der Waals surface area contributed by atoms with Gasteiger partial charge in [0.25, 0.3) is 17.7 Å². The van der Waals surface area contributed by atoms with Gasteiger partial charge in [-0.3, -0.25) is 14.4 Å². The molecule has 3 aromatic heterocycles. The van der Waals surface area contributed by atoms with Gasteiger partial charge in [-0.05, 0) is 62.4 Å². The number of anilines is 3. The molecule has 3 heterocycles. The first-order chi connectivity index (χ1) is 21.1. The van der Waals surface area contributed by atoms with Crippen LogP contribution in [0.1, 0.15) is 42.5 Å². The van der Waals surface area contributed by atoms with E-state index in [1.807, 2.05) is 0 Å². The number of carbonyl (C=O) groups excluding carboxylic acids is 3. The Bertz CT molecular complexity index is 1910. The number of fused-ring (bicyclic) bond motifs is 1. The average molecular weight is 594 g/mol. The number of nitrogens with zero attached hydrogens (tertiary/aromatic N) is 2. The van der Waals surface area contributed by atoms with Crippen molar-refractivity contribution in [2.24, 2.45) is 0 Å². The number of aromatic nitrogens is 2. The highest BCUT2D eigenvalue weighted by atomic mass is 16.5. The van der Waals surface area contributed by atoms with Crippen molar-refractivity contribution >= 4 is 46.0 Å². The summed E-state index contributed by atoms with van der Waals surface area (Å²) in [5.74, 6) is -0.619. The fraction of sp³-hybridized carbons (Fsp3) is 0.125. The molecular weight excluding hydrogens is 566 g/mol. The van der Waals surface area contributed by atoms with E-state index >= 15 is 0 Å². The lowest BCUT2D eigenvalue weighted by atomic mass is 10.0. The van der Waals surface area contributed by atoms with Gasteiger partial charge < -0.3 is 29.8 Å². The number of pyridine rings is 2. The van der Waals surface area contributed by atoms with Crippen LogP contribution >= 0.6 is 0 Å². The molecule has 3 N–H and O–H groups in total. The Balaban J connectivity index is 1.53. The van der Waals surface area contributed by atoms with E-state index in [1.165, 1.54) is 38.5 Å². The number of carbonyl (C=O) groups is 3. The van der Waals surface area contributed by atoms with Gasteiger partial charge in [-0.15, -0.1) is 0 Å². The van der Waals surface area contributed by atoms with E-state index < -0.39 is 23.3 Å². The number of hydrogen-bond donors (Lipinski definition) is 3. The molecule has 0 aliphatic rings. The Morgan fingerprint density at radius 1 is 0.659 bits per heavy atom. The van der Waals surface area contributed by atoms with Crippen LogP contribution in [-0.2, 0) is 0 Å². The zero-order valence-corrected chi connectivity index (χ0v) is 24.2. The number of nitrogens with one attached hydrogen (secondary N) is 3. The van der Waals surface area contributed by atoms with Gasteiger partial charge in [0.1, 0.15) is 17.2 Å². The zero-order chi connectivity index (χ0) is 31.4. The molecule has 0 spiro atoms. The van der Waals surface area contributed by atoms with E-state index in [0.29, 0.717) is 39.9 Å². The lowest BCUT2D eigenvalue weighted by molar-refractivity contribution is 0.102. The molecule has 0 saturated heterocycles. The van der Waals surface area contributed by atoms with Crippen LogP contribution in [0, 0.1) is 13.8 Å². The number of amides is 3. The fourth-order valence-corrected chi connectivity index (χ4v) is 4.41. The Hall–Kier alpha value is -6.04. The third kappa shape index (κ3) is 6.54. The van der Waals surface area contributed by atoms with Gasteiger partial charge in [-0.25, -0.2) is 14.8 Å². The van der Waals surface area contributed by atoms with E-state index in [9.17, 15) is 19.2 Å². The number of ether oxygens (including phenoxy) is 2. The molecule has 12 nitrogen and oxygen atoms in total. The Morgan fingerprint density at radius 3 is 1.61 bits per heavy atom. The van der Waals surface area contributed by atoms with Crippen LogP contribution < -0.4 is 31.0 Å². The zero-order valence-electron chi connectivity index (χ0n) is 24.2. The molecule has 0 saturated carbocycles. The lowest BCUT2D eigenvalue weighted by Gasteiger charge is -2.13. The largest absolute Gasteiger partial charge is 0.493 e. The Morgan fingerprint density at radius 2 is 1.14 bits per heavy atom. The third-order valence-corrected chi connectivity index (χ3v) is 6.48. The minimum Gasteiger partial charge on any atom is -0.493 e. The molecule has 0 atom stereocenters. The normalized spacial score (nSPS) is 10.6. The maximum atomic E-state index is 13.6. The molecular formula is C32H27N5O7. The molecule has 5 rings (SSSR count). The monoisotopic (exact) mass is 593 g/mol. The van der Waals surface area contributed by atoms with Crippen molar-refractivity contribution < 1.29 is 28.3 Å². The first-order valence-electron chi connectivity index (χ1n) is 13.3. The Labute approximate surface area is 251 Å². The van der Waals surface area contributed by atoms with Crippen LogP contribution in [0.15, 0.2) is 82.0 Å². The highest BCUT2D eigenvalue weighted by Crippen LogP contribution is 2.34. The molecule has 0 aliphatic carbocycles. The summed E-state index contributed by atoms with van der Waals surface area (Å²) in [6.07, 6.45) is 0. The van der Waals surface area contributed by atoms with Gasteiger partial charge in [0.05, 0.1) is 19.9 Å². The second kappa shape index (κ2) is 12.4. The number of benzene rings is 2. The fourth-order valence-electron chi connectivity index (χ4n) is 4.41. The van der Waals surface area contributed by atoms with Crippen LogP contribution in [0.3, 0.4) is 0 Å². The van der Waals surface area contributed by atoms with Gasteiger partial charge in [-0.2, -0.15) is 0 Å². The standard InChI is InChI=1S/C32H27N5O7/c1-17-7-5-9-27(33-17)36-31(40)20-11-19(12-21(13-20)32(41)37-28-10-6-8-18(2)34-28)30(39)35-23-15-29(38)44-24-16-26(43-4)25(42-3)14-22(23)24/h5-16H,1-4H3,(H,35,39)(H,33,36,40)(H,34,37,41). The maximum Gasteiger partial charge on any atom is 0.338 e. The SMILES string of the molecule is COc1cc2oc(=O)cc(NC(=O)c3cc(C(=O)Nc4cccc(C)n4)cc(C(=O)Nc4cccc(C)n4)c3)c2cc1OC. The van der Waals surface area contributed by atoms with Gasteiger partial charge in [0.2, 0.25) is 0 Å². The van der Waals surface area contributed by atoms with Crippen LogP contribution in [0.4, 0.5) is 17.3 Å². The molecule has 0 fully saturated rings. The van der Waals surface area contributed by atoms with Crippen molar-refractivity contribution in [3.8, 4) is 11.5 Å². The lowest BCUT2D eigenvalue weighted by Crippen LogP contribution is -2.20. The highest BCUT2D eigenvalue weighted by Gasteiger charge is 2.20. The van der Waals surface area contributed by atoms with E-state index in [2.05, 4.69) is 25.9 Å². The predicted molar refractivity (Wildman–Crippen MR) is 164 cm³/mol. The third-order valence-electron chi connectivity index (χ3n) is 6.48. The molecule has 222 valence electrons. The maximum absolute atomic E-state index is 13.6. The van der Waals surface area contributed by atoms with Gasteiger partial charge in [0, 0.05) is 45.6 Å². The summed E-state index contributed by atoms with van der Waals surface area (Å²) in [7, 11) is 2.89. The summed E-state index contributed by atoms with van der Waals surface area (Å²) in [5, 5.41) is 8.43. The molecule has 0 radical (unpaired) electrons. The first kappa shape index (κ1) is 29.5. The van der Waals surface area contributed by atoms with Crippen molar-refractivity contribution in [3.05, 3.63) is 111 Å². The van der Waals surface area contributed by atoms with Crippen LogP contribution in [0.5, 0.6) is 11.5 Å². The summed E-state index contributed by atoms with van der Waals surface area (Å²) in [6.45, 7) is 3.56. The van der Waals surface area contributed by atoms with Gasteiger partial charge in [-0.1, -0.05) is 12.1 Å². The first-order valence-corrected chi connectivity index (χ1v) is 13.3. The Kier molecular flexibility index (Phi) is 8.33. The number of aryl methyl sites for hydroxylation is 2. The molecule has 0 bridgehead atoms. The van der Waals surface area contributed by atoms with Crippen molar-refractivity contribution in [1.82, 2.24) is 9.97 Å². The molecule has 2 aromatic carbocycles. The van der Waals surface area contributed by atoms with Gasteiger partial charge in [0.15, 0.2) is 11.5 Å². The van der Waals surface area contributed by atoms with E-state index in [-0.39, 0.29) is 28.0 Å². The van der Waals surface area contributed by atoms with Crippen molar-refractivity contribution in [1.29, 1.82) is 0 Å². The van der Waals surface area contributed by atoms with Gasteiger partial charge >= 0.3 is 5.63 Å². The van der Waals surface area contributed by atoms with E-state index in [0.717, 1.165) is 6.07 Å². The molecule has 0 unspecified atom stereocenters. The predicted octanol–water partition coefficient (Wildman–Crippen LogP) is 4.97. The molecule has 3 amide bonds. The van der Waals surface area contributed by atoms with Crippen LogP contribution in [0.25, 0.3) is 11.0 Å². The molecule has 5 aromatic rings. The van der Waals surface area contributed by atoms with E-state index in [4.69, 9.17) is 13.9 Å². The minimum atomic E-state index is -0.718. The summed E-state index contributed by atoms with van der Waals surface area (Å²) < 4.78 is 15.9. The van der Waals surface area contributed by atoms with Crippen molar-refractivity contribution in [2.45, 2.75) is 13.8 Å². The second-order valence-corrected chi connectivity index (χ2v) is 9.67.